The molecule has 0 N–H and O–H groups in total. The maximum atomic E-state index is 10.7. The molecule has 0 radical (unpaired) electrons. The minimum Gasteiger partial charge on any atom is -0.496 e. The lowest BCUT2D eigenvalue weighted by Gasteiger charge is -2.13. The van der Waals surface area contributed by atoms with Gasteiger partial charge in [-0.2, -0.15) is 0 Å². The normalized spacial score (nSPS) is 12.3. The average Bonchev–Trinajstić information content (AvgIpc) is 2.20. The van der Waals surface area contributed by atoms with Crippen molar-refractivity contribution in [3.63, 3.8) is 0 Å². The van der Waals surface area contributed by atoms with Crippen molar-refractivity contribution in [1.29, 1.82) is 0 Å². The number of aryl methyl sites for hydroxylation is 2. The van der Waals surface area contributed by atoms with E-state index in [1.165, 1.54) is 11.1 Å². The second-order valence-electron chi connectivity index (χ2n) is 3.60. The Hall–Kier alpha value is -1.31. The van der Waals surface area contributed by atoms with E-state index in [2.05, 4.69) is 0 Å². The highest BCUT2D eigenvalue weighted by molar-refractivity contribution is 5.64. The highest BCUT2D eigenvalue weighted by Crippen LogP contribution is 2.28. The van der Waals surface area contributed by atoms with Crippen LogP contribution in [0.1, 0.15) is 29.5 Å². The summed E-state index contributed by atoms with van der Waals surface area (Å²) < 4.78 is 5.25. The van der Waals surface area contributed by atoms with Gasteiger partial charge in [-0.15, -0.1) is 0 Å². The summed E-state index contributed by atoms with van der Waals surface area (Å²) in [6.07, 6.45) is 0.937. The van der Waals surface area contributed by atoms with Crippen molar-refractivity contribution in [1.82, 2.24) is 0 Å². The van der Waals surface area contributed by atoms with Crippen LogP contribution >= 0.6 is 0 Å². The van der Waals surface area contributed by atoms with Crippen LogP contribution in [-0.2, 0) is 4.79 Å². The molecule has 0 aliphatic carbocycles. The van der Waals surface area contributed by atoms with Gasteiger partial charge >= 0.3 is 0 Å². The summed E-state index contributed by atoms with van der Waals surface area (Å²) in [5, 5.41) is 0. The molecule has 0 amide bonds. The van der Waals surface area contributed by atoms with E-state index in [0.717, 1.165) is 17.6 Å². The SMILES string of the molecule is COc1cc(C)c(C)cc1C(C)C=O. The Balaban J connectivity index is 3.26. The fourth-order valence-corrected chi connectivity index (χ4v) is 1.42. The molecular formula is C12H16O2. The van der Waals surface area contributed by atoms with E-state index in [1.807, 2.05) is 32.9 Å². The monoisotopic (exact) mass is 192 g/mol. The summed E-state index contributed by atoms with van der Waals surface area (Å²) in [6.45, 7) is 5.95. The Labute approximate surface area is 84.9 Å². The smallest absolute Gasteiger partial charge is 0.127 e. The zero-order valence-corrected chi connectivity index (χ0v) is 9.13. The van der Waals surface area contributed by atoms with E-state index >= 15 is 0 Å². The van der Waals surface area contributed by atoms with Crippen LogP contribution in [0.2, 0.25) is 0 Å². The number of rotatable bonds is 3. The molecule has 76 valence electrons. The number of aldehydes is 1. The van der Waals surface area contributed by atoms with E-state index < -0.39 is 0 Å². The number of carbonyl (C=O) groups is 1. The molecule has 0 spiro atoms. The first-order chi connectivity index (χ1) is 6.60. The van der Waals surface area contributed by atoms with Crippen molar-refractivity contribution in [2.24, 2.45) is 0 Å². The van der Waals surface area contributed by atoms with Crippen LogP contribution < -0.4 is 4.74 Å². The molecule has 0 aliphatic rings. The first-order valence-electron chi connectivity index (χ1n) is 4.70. The Bertz CT molecular complexity index is 342. The van der Waals surface area contributed by atoms with Crippen molar-refractivity contribution >= 4 is 6.29 Å². The number of methoxy groups -OCH3 is 1. The summed E-state index contributed by atoms with van der Waals surface area (Å²) in [6, 6.07) is 4.00. The molecule has 0 aromatic heterocycles. The van der Waals surface area contributed by atoms with Gasteiger partial charge in [0.25, 0.3) is 0 Å². The highest BCUT2D eigenvalue weighted by atomic mass is 16.5. The number of benzene rings is 1. The van der Waals surface area contributed by atoms with E-state index in [1.54, 1.807) is 7.11 Å². The van der Waals surface area contributed by atoms with Gasteiger partial charge in [0, 0.05) is 11.5 Å². The molecule has 0 saturated heterocycles. The Morgan fingerprint density at radius 3 is 2.36 bits per heavy atom. The van der Waals surface area contributed by atoms with Crippen LogP contribution in [-0.4, -0.2) is 13.4 Å². The molecule has 2 heteroatoms. The zero-order valence-electron chi connectivity index (χ0n) is 9.13. The molecule has 0 saturated carbocycles. The lowest BCUT2D eigenvalue weighted by atomic mass is 9.97. The van der Waals surface area contributed by atoms with Gasteiger partial charge in [0.05, 0.1) is 7.11 Å². The summed E-state index contributed by atoms with van der Waals surface area (Å²) in [5.41, 5.74) is 3.34. The lowest BCUT2D eigenvalue weighted by Crippen LogP contribution is -2.00. The van der Waals surface area contributed by atoms with Crippen LogP contribution in [0, 0.1) is 13.8 Å². The van der Waals surface area contributed by atoms with Gasteiger partial charge in [-0.05, 0) is 31.0 Å². The van der Waals surface area contributed by atoms with Gasteiger partial charge in [-0.25, -0.2) is 0 Å². The molecular weight excluding hydrogens is 176 g/mol. The van der Waals surface area contributed by atoms with Crippen LogP contribution in [0.5, 0.6) is 5.75 Å². The van der Waals surface area contributed by atoms with Gasteiger partial charge in [-0.3, -0.25) is 0 Å². The minimum absolute atomic E-state index is 0.107. The molecule has 2 nitrogen and oxygen atoms in total. The molecule has 0 heterocycles. The van der Waals surface area contributed by atoms with Crippen LogP contribution in [0.4, 0.5) is 0 Å². The Kier molecular flexibility index (Phi) is 3.28. The standard InChI is InChI=1S/C12H16O2/c1-8-5-11(10(3)7-13)12(14-4)6-9(8)2/h5-7,10H,1-4H3. The first kappa shape index (κ1) is 10.8. The zero-order chi connectivity index (χ0) is 10.7. The summed E-state index contributed by atoms with van der Waals surface area (Å²) in [5.74, 6) is 0.692. The van der Waals surface area contributed by atoms with E-state index in [4.69, 9.17) is 4.74 Å². The molecule has 1 atom stereocenters. The van der Waals surface area contributed by atoms with Crippen LogP contribution in [0.25, 0.3) is 0 Å². The van der Waals surface area contributed by atoms with Crippen molar-refractivity contribution in [2.45, 2.75) is 26.7 Å². The fraction of sp³-hybridized carbons (Fsp3) is 0.417. The van der Waals surface area contributed by atoms with Gasteiger partial charge < -0.3 is 9.53 Å². The maximum Gasteiger partial charge on any atom is 0.127 e. The molecule has 1 unspecified atom stereocenters. The number of ether oxygens (including phenoxy) is 1. The van der Waals surface area contributed by atoms with E-state index in [9.17, 15) is 4.79 Å². The van der Waals surface area contributed by atoms with Crippen LogP contribution in [0.15, 0.2) is 12.1 Å². The summed E-state index contributed by atoms with van der Waals surface area (Å²) >= 11 is 0. The second kappa shape index (κ2) is 4.27. The van der Waals surface area contributed by atoms with Gasteiger partial charge in [0.2, 0.25) is 0 Å². The van der Waals surface area contributed by atoms with Crippen molar-refractivity contribution in [3.8, 4) is 5.75 Å². The van der Waals surface area contributed by atoms with Crippen molar-refractivity contribution < 1.29 is 9.53 Å². The fourth-order valence-electron chi connectivity index (χ4n) is 1.42. The van der Waals surface area contributed by atoms with Crippen LogP contribution in [0.3, 0.4) is 0 Å². The van der Waals surface area contributed by atoms with Gasteiger partial charge in [0.1, 0.15) is 12.0 Å². The van der Waals surface area contributed by atoms with Gasteiger partial charge in [0.15, 0.2) is 0 Å². The Morgan fingerprint density at radius 1 is 1.29 bits per heavy atom. The summed E-state index contributed by atoms with van der Waals surface area (Å²) in [4.78, 5) is 10.7. The van der Waals surface area contributed by atoms with Crippen molar-refractivity contribution in [2.75, 3.05) is 7.11 Å². The average molecular weight is 192 g/mol. The third-order valence-electron chi connectivity index (χ3n) is 2.54. The topological polar surface area (TPSA) is 26.3 Å². The van der Waals surface area contributed by atoms with E-state index in [0.29, 0.717) is 0 Å². The molecule has 0 bridgehead atoms. The molecule has 0 fully saturated rings. The maximum absolute atomic E-state index is 10.7. The second-order valence-corrected chi connectivity index (χ2v) is 3.60. The third-order valence-corrected chi connectivity index (χ3v) is 2.54. The quantitative estimate of drug-likeness (QED) is 0.688. The number of hydrogen-bond acceptors (Lipinski definition) is 2. The molecule has 1 aromatic rings. The predicted octanol–water partition coefficient (Wildman–Crippen LogP) is 2.61. The third kappa shape index (κ3) is 1.95. The van der Waals surface area contributed by atoms with Crippen molar-refractivity contribution in [3.05, 3.63) is 28.8 Å². The van der Waals surface area contributed by atoms with Gasteiger partial charge in [-0.1, -0.05) is 13.0 Å². The molecule has 14 heavy (non-hydrogen) atoms. The summed E-state index contributed by atoms with van der Waals surface area (Å²) in [7, 11) is 1.63. The lowest BCUT2D eigenvalue weighted by molar-refractivity contribution is -0.108. The predicted molar refractivity (Wildman–Crippen MR) is 56.9 cm³/mol. The molecule has 1 aromatic carbocycles. The molecule has 1 rings (SSSR count). The first-order valence-corrected chi connectivity index (χ1v) is 4.70. The highest BCUT2D eigenvalue weighted by Gasteiger charge is 2.11. The van der Waals surface area contributed by atoms with E-state index in [-0.39, 0.29) is 5.92 Å². The number of carbonyl (C=O) groups excluding carboxylic acids is 1. The largest absolute Gasteiger partial charge is 0.496 e. The Morgan fingerprint density at radius 2 is 1.86 bits per heavy atom. The minimum atomic E-state index is -0.107. The number of hydrogen-bond donors (Lipinski definition) is 0. The molecule has 0 aliphatic heterocycles.